The number of allylic oxidation sites excluding steroid dienone is 4. The first-order valence-corrected chi connectivity index (χ1v) is 7.47. The van der Waals surface area contributed by atoms with Gasteiger partial charge in [-0.05, 0) is 45.4 Å². The van der Waals surface area contributed by atoms with Crippen LogP contribution in [0.25, 0.3) is 0 Å². The first-order valence-electron chi connectivity index (χ1n) is 7.47. The number of hydrogen-bond acceptors (Lipinski definition) is 0. The lowest BCUT2D eigenvalue weighted by molar-refractivity contribution is 0.650. The quantitative estimate of drug-likeness (QED) is 0.277. The van der Waals surface area contributed by atoms with Crippen LogP contribution in [0.4, 0.5) is 0 Å². The van der Waals surface area contributed by atoms with Crippen molar-refractivity contribution in [2.45, 2.75) is 77.6 Å². The second kappa shape index (κ2) is 15.5. The van der Waals surface area contributed by atoms with Crippen molar-refractivity contribution in [2.75, 3.05) is 0 Å². The highest BCUT2D eigenvalue weighted by atomic mass is 13.9. The second-order valence-corrected chi connectivity index (χ2v) is 4.73. The zero-order valence-electron chi connectivity index (χ0n) is 11.8. The Morgan fingerprint density at radius 1 is 0.647 bits per heavy atom. The van der Waals surface area contributed by atoms with Crippen LogP contribution in [0.15, 0.2) is 24.3 Å². The maximum Gasteiger partial charge on any atom is -0.0351 e. The largest absolute Gasteiger partial charge is 0.0917 e. The predicted octanol–water partition coefficient (Wildman–Crippen LogP) is 6.24. The van der Waals surface area contributed by atoms with E-state index in [-0.39, 0.29) is 0 Å². The highest BCUT2D eigenvalue weighted by Gasteiger charge is 1.87. The normalized spacial score (nSPS) is 11.9. The van der Waals surface area contributed by atoms with Crippen LogP contribution >= 0.6 is 0 Å². The fourth-order valence-electron chi connectivity index (χ4n) is 1.90. The van der Waals surface area contributed by atoms with E-state index in [1.165, 1.54) is 64.2 Å². The van der Waals surface area contributed by atoms with Gasteiger partial charge in [-0.1, -0.05) is 63.3 Å². The van der Waals surface area contributed by atoms with Crippen LogP contribution in [0.1, 0.15) is 77.6 Å². The van der Waals surface area contributed by atoms with Gasteiger partial charge in [-0.15, -0.1) is 0 Å². The number of hydrogen-bond donors (Lipinski definition) is 0. The maximum atomic E-state index is 3.86. The molecule has 17 heavy (non-hydrogen) atoms. The van der Waals surface area contributed by atoms with Crippen LogP contribution in [-0.4, -0.2) is 0 Å². The summed E-state index contributed by atoms with van der Waals surface area (Å²) < 4.78 is 0. The summed E-state index contributed by atoms with van der Waals surface area (Å²) in [6.07, 6.45) is 23.5. The maximum absolute atomic E-state index is 3.86. The van der Waals surface area contributed by atoms with Gasteiger partial charge in [0.1, 0.15) is 0 Å². The van der Waals surface area contributed by atoms with E-state index >= 15 is 0 Å². The summed E-state index contributed by atoms with van der Waals surface area (Å²) in [7, 11) is 0. The van der Waals surface area contributed by atoms with E-state index < -0.39 is 0 Å². The zero-order valence-corrected chi connectivity index (χ0v) is 11.8. The molecule has 0 aromatic carbocycles. The summed E-state index contributed by atoms with van der Waals surface area (Å²) in [5, 5.41) is 0. The van der Waals surface area contributed by atoms with Crippen LogP contribution in [0.5, 0.6) is 0 Å². The Kier molecular flexibility index (Phi) is 15.0. The molecule has 0 heterocycles. The van der Waals surface area contributed by atoms with Crippen molar-refractivity contribution in [3.63, 3.8) is 0 Å². The van der Waals surface area contributed by atoms with E-state index in [1.54, 1.807) is 0 Å². The Labute approximate surface area is 109 Å². The molecule has 0 nitrogen and oxygen atoms in total. The minimum absolute atomic E-state index is 1.10. The molecule has 0 aliphatic carbocycles. The molecule has 0 heteroatoms. The van der Waals surface area contributed by atoms with Crippen molar-refractivity contribution in [1.82, 2.24) is 0 Å². The van der Waals surface area contributed by atoms with Gasteiger partial charge in [0, 0.05) is 0 Å². The van der Waals surface area contributed by atoms with Crippen molar-refractivity contribution < 1.29 is 0 Å². The predicted molar refractivity (Wildman–Crippen MR) is 80.1 cm³/mol. The summed E-state index contributed by atoms with van der Waals surface area (Å²) in [5.74, 6) is 0. The molecule has 0 aliphatic rings. The second-order valence-electron chi connectivity index (χ2n) is 4.73. The Hall–Kier alpha value is -0.520. The van der Waals surface area contributed by atoms with Crippen LogP contribution in [0, 0.1) is 6.92 Å². The third kappa shape index (κ3) is 15.5. The van der Waals surface area contributed by atoms with E-state index in [2.05, 4.69) is 38.2 Å². The van der Waals surface area contributed by atoms with Gasteiger partial charge in [0.25, 0.3) is 0 Å². The fourth-order valence-corrected chi connectivity index (χ4v) is 1.90. The molecule has 0 rings (SSSR count). The van der Waals surface area contributed by atoms with Gasteiger partial charge in [0.2, 0.25) is 0 Å². The standard InChI is InChI=1S/C17H31/c1-3-5-7-9-11-13-15-17-16-14-12-10-8-6-4-2/h4,6,15,17H,1,3,5,7-14,16H2,2H3. The third-order valence-corrected chi connectivity index (χ3v) is 3.01. The van der Waals surface area contributed by atoms with E-state index in [9.17, 15) is 0 Å². The lowest BCUT2D eigenvalue weighted by Crippen LogP contribution is -1.77. The number of rotatable bonds is 12. The van der Waals surface area contributed by atoms with Gasteiger partial charge in [0.05, 0.1) is 0 Å². The molecular formula is C17H31. The summed E-state index contributed by atoms with van der Waals surface area (Å²) >= 11 is 0. The van der Waals surface area contributed by atoms with Gasteiger partial charge in [-0.3, -0.25) is 0 Å². The third-order valence-electron chi connectivity index (χ3n) is 3.01. The SMILES string of the molecule is [CH2]CCCCCCC=CCCCCCC=CC. The molecule has 0 aromatic heterocycles. The average Bonchev–Trinajstić information content (AvgIpc) is 2.35. The Morgan fingerprint density at radius 2 is 1.12 bits per heavy atom. The Morgan fingerprint density at radius 3 is 1.65 bits per heavy atom. The Bertz CT molecular complexity index is 176. The van der Waals surface area contributed by atoms with Crippen LogP contribution in [-0.2, 0) is 0 Å². The highest BCUT2D eigenvalue weighted by molar-refractivity contribution is 4.81. The lowest BCUT2D eigenvalue weighted by Gasteiger charge is -1.97. The number of unbranched alkanes of at least 4 members (excludes halogenated alkanes) is 9. The van der Waals surface area contributed by atoms with Crippen LogP contribution in [0.3, 0.4) is 0 Å². The van der Waals surface area contributed by atoms with Crippen molar-refractivity contribution in [1.29, 1.82) is 0 Å². The molecule has 0 N–H and O–H groups in total. The summed E-state index contributed by atoms with van der Waals surface area (Å²) in [4.78, 5) is 0. The van der Waals surface area contributed by atoms with E-state index in [1.807, 2.05) is 0 Å². The molecule has 0 saturated heterocycles. The highest BCUT2D eigenvalue weighted by Crippen LogP contribution is 2.07. The first-order chi connectivity index (χ1) is 8.41. The molecule has 0 fully saturated rings. The van der Waals surface area contributed by atoms with E-state index in [4.69, 9.17) is 0 Å². The monoisotopic (exact) mass is 235 g/mol. The van der Waals surface area contributed by atoms with E-state index in [0.29, 0.717) is 0 Å². The zero-order chi connectivity index (χ0) is 12.6. The van der Waals surface area contributed by atoms with Gasteiger partial charge >= 0.3 is 0 Å². The van der Waals surface area contributed by atoms with Gasteiger partial charge in [-0.25, -0.2) is 0 Å². The fraction of sp³-hybridized carbons (Fsp3) is 0.706. The van der Waals surface area contributed by atoms with Crippen LogP contribution in [0.2, 0.25) is 0 Å². The van der Waals surface area contributed by atoms with Gasteiger partial charge in [-0.2, -0.15) is 0 Å². The summed E-state index contributed by atoms with van der Waals surface area (Å²) in [6.45, 7) is 5.96. The molecule has 0 bridgehead atoms. The summed E-state index contributed by atoms with van der Waals surface area (Å²) in [5.41, 5.74) is 0. The van der Waals surface area contributed by atoms with Gasteiger partial charge < -0.3 is 0 Å². The van der Waals surface area contributed by atoms with Crippen molar-refractivity contribution in [3.05, 3.63) is 31.2 Å². The van der Waals surface area contributed by atoms with Crippen molar-refractivity contribution in [3.8, 4) is 0 Å². The smallest absolute Gasteiger partial charge is 0.0351 e. The molecule has 0 spiro atoms. The molecule has 0 atom stereocenters. The average molecular weight is 235 g/mol. The van der Waals surface area contributed by atoms with Gasteiger partial charge in [0.15, 0.2) is 0 Å². The molecule has 1 radical (unpaired) electrons. The first kappa shape index (κ1) is 16.5. The topological polar surface area (TPSA) is 0 Å². The molecule has 0 aromatic rings. The van der Waals surface area contributed by atoms with E-state index in [0.717, 1.165) is 6.42 Å². The molecule has 99 valence electrons. The minimum atomic E-state index is 1.10. The molecule has 0 aliphatic heterocycles. The Balaban J connectivity index is 3.04. The van der Waals surface area contributed by atoms with Crippen molar-refractivity contribution in [2.24, 2.45) is 0 Å². The molecule has 0 unspecified atom stereocenters. The summed E-state index contributed by atoms with van der Waals surface area (Å²) in [6, 6.07) is 0. The lowest BCUT2D eigenvalue weighted by atomic mass is 10.1. The molecule has 0 amide bonds. The molecular weight excluding hydrogens is 204 g/mol. The van der Waals surface area contributed by atoms with Crippen molar-refractivity contribution >= 4 is 0 Å². The minimum Gasteiger partial charge on any atom is -0.0917 e. The van der Waals surface area contributed by atoms with Crippen LogP contribution < -0.4 is 0 Å². The molecule has 0 saturated carbocycles.